The van der Waals surface area contributed by atoms with Gasteiger partial charge >= 0.3 is 0 Å². The minimum atomic E-state index is 0.233. The Kier molecular flexibility index (Phi) is 8.43. The molecule has 0 saturated heterocycles. The molecule has 0 aliphatic heterocycles. The molecule has 0 saturated carbocycles. The lowest BCUT2D eigenvalue weighted by atomic mass is 10.0. The van der Waals surface area contributed by atoms with Crippen LogP contribution in [0, 0.1) is 0 Å². The molecule has 0 spiro atoms. The first-order chi connectivity index (χ1) is 9.19. The highest BCUT2D eigenvalue weighted by Crippen LogP contribution is 2.27. The second-order valence-corrected chi connectivity index (χ2v) is 5.68. The van der Waals surface area contributed by atoms with Gasteiger partial charge in [0, 0.05) is 6.20 Å². The van der Waals surface area contributed by atoms with Crippen LogP contribution < -0.4 is 5.32 Å². The fourth-order valence-electron chi connectivity index (χ4n) is 2.22. The van der Waals surface area contributed by atoms with Gasteiger partial charge in [-0.3, -0.25) is 4.98 Å². The Morgan fingerprint density at radius 1 is 1.16 bits per heavy atom. The third-order valence-corrected chi connectivity index (χ3v) is 3.72. The summed E-state index contributed by atoms with van der Waals surface area (Å²) in [4.78, 5) is 4.39. The molecule has 1 aromatic heterocycles. The number of rotatable bonds is 9. The van der Waals surface area contributed by atoms with Gasteiger partial charge < -0.3 is 5.32 Å². The molecule has 108 valence electrons. The molecule has 1 heterocycles. The molecular weight excluding hydrogens is 279 g/mol. The molecule has 1 rings (SSSR count). The van der Waals surface area contributed by atoms with Gasteiger partial charge in [-0.25, -0.2) is 0 Å². The number of nitrogens with one attached hydrogen (secondary N) is 1. The van der Waals surface area contributed by atoms with Crippen molar-refractivity contribution >= 4 is 23.2 Å². The largest absolute Gasteiger partial charge is 0.309 e. The number of hydrogen-bond acceptors (Lipinski definition) is 2. The van der Waals surface area contributed by atoms with Crippen LogP contribution in [0.2, 0.25) is 10.0 Å². The molecule has 0 fully saturated rings. The average molecular weight is 303 g/mol. The van der Waals surface area contributed by atoms with Gasteiger partial charge in [0.1, 0.15) is 0 Å². The van der Waals surface area contributed by atoms with Crippen LogP contribution in [0.3, 0.4) is 0 Å². The zero-order valence-corrected chi connectivity index (χ0v) is 13.4. The van der Waals surface area contributed by atoms with E-state index >= 15 is 0 Å². The first-order valence-electron chi connectivity index (χ1n) is 7.23. The summed E-state index contributed by atoms with van der Waals surface area (Å²) in [6.07, 6.45) is 9.15. The van der Waals surface area contributed by atoms with Crippen molar-refractivity contribution in [1.29, 1.82) is 0 Å². The maximum absolute atomic E-state index is 6.24. The summed E-state index contributed by atoms with van der Waals surface area (Å²) in [5.41, 5.74) is 0.920. The highest BCUT2D eigenvalue weighted by atomic mass is 35.5. The third kappa shape index (κ3) is 6.11. The average Bonchev–Trinajstić information content (AvgIpc) is 2.38. The molecule has 0 bridgehead atoms. The summed E-state index contributed by atoms with van der Waals surface area (Å²) < 4.78 is 0. The van der Waals surface area contributed by atoms with E-state index in [1.54, 1.807) is 12.3 Å². The molecule has 1 aromatic rings. The zero-order valence-electron chi connectivity index (χ0n) is 11.9. The molecule has 0 radical (unpaired) electrons. The van der Waals surface area contributed by atoms with Crippen molar-refractivity contribution in [2.24, 2.45) is 0 Å². The monoisotopic (exact) mass is 302 g/mol. The molecule has 0 aliphatic rings. The second-order valence-electron chi connectivity index (χ2n) is 4.83. The van der Waals surface area contributed by atoms with Crippen molar-refractivity contribution in [2.75, 3.05) is 6.54 Å². The Hall–Kier alpha value is -0.310. The van der Waals surface area contributed by atoms with E-state index in [0.717, 1.165) is 18.7 Å². The summed E-state index contributed by atoms with van der Waals surface area (Å²) in [6.45, 7) is 5.26. The van der Waals surface area contributed by atoms with E-state index in [0.29, 0.717) is 10.0 Å². The van der Waals surface area contributed by atoms with E-state index in [2.05, 4.69) is 24.1 Å². The Labute approximate surface area is 126 Å². The molecular formula is C15H24Cl2N2. The second kappa shape index (κ2) is 9.57. The Morgan fingerprint density at radius 2 is 1.89 bits per heavy atom. The highest BCUT2D eigenvalue weighted by molar-refractivity contribution is 6.34. The van der Waals surface area contributed by atoms with Gasteiger partial charge in [-0.1, -0.05) is 69.2 Å². The molecule has 0 aliphatic carbocycles. The lowest BCUT2D eigenvalue weighted by Gasteiger charge is -2.18. The van der Waals surface area contributed by atoms with Crippen molar-refractivity contribution in [2.45, 2.75) is 58.4 Å². The summed E-state index contributed by atoms with van der Waals surface area (Å²) >= 11 is 12.1. The van der Waals surface area contributed by atoms with E-state index in [-0.39, 0.29) is 6.04 Å². The standard InChI is InChI=1S/C15H24Cl2N2/c1-3-5-6-7-8-9-14(18-4-2)15-13(17)10-12(16)11-19-15/h10-11,14,18H,3-9H2,1-2H3. The van der Waals surface area contributed by atoms with Crippen molar-refractivity contribution in [3.8, 4) is 0 Å². The van der Waals surface area contributed by atoms with Gasteiger partial charge in [-0.15, -0.1) is 0 Å². The van der Waals surface area contributed by atoms with Gasteiger partial charge in [0.25, 0.3) is 0 Å². The van der Waals surface area contributed by atoms with Crippen LogP contribution in [0.15, 0.2) is 12.3 Å². The van der Waals surface area contributed by atoms with Gasteiger partial charge in [-0.2, -0.15) is 0 Å². The van der Waals surface area contributed by atoms with Gasteiger partial charge in [0.15, 0.2) is 0 Å². The number of unbranched alkanes of at least 4 members (excludes halogenated alkanes) is 4. The first kappa shape index (κ1) is 16.7. The van der Waals surface area contributed by atoms with Crippen molar-refractivity contribution in [3.63, 3.8) is 0 Å². The summed E-state index contributed by atoms with van der Waals surface area (Å²) in [5, 5.41) is 4.71. The normalized spacial score (nSPS) is 12.6. The van der Waals surface area contributed by atoms with Crippen LogP contribution >= 0.6 is 23.2 Å². The van der Waals surface area contributed by atoms with Gasteiger partial charge in [-0.05, 0) is 19.0 Å². The molecule has 1 N–H and O–H groups in total. The summed E-state index contributed by atoms with van der Waals surface area (Å²) in [6, 6.07) is 2.00. The van der Waals surface area contributed by atoms with Gasteiger partial charge in [0.05, 0.1) is 21.8 Å². The predicted octanol–water partition coefficient (Wildman–Crippen LogP) is 5.40. The molecule has 1 unspecified atom stereocenters. The minimum absolute atomic E-state index is 0.233. The maximum Gasteiger partial charge on any atom is 0.0760 e. The van der Waals surface area contributed by atoms with E-state index in [4.69, 9.17) is 23.2 Å². The van der Waals surface area contributed by atoms with Gasteiger partial charge in [0.2, 0.25) is 0 Å². The maximum atomic E-state index is 6.24. The topological polar surface area (TPSA) is 24.9 Å². The van der Waals surface area contributed by atoms with Crippen molar-refractivity contribution in [1.82, 2.24) is 10.3 Å². The molecule has 19 heavy (non-hydrogen) atoms. The fourth-order valence-corrected chi connectivity index (χ4v) is 2.73. The predicted molar refractivity (Wildman–Crippen MR) is 84.1 cm³/mol. The lowest BCUT2D eigenvalue weighted by molar-refractivity contribution is 0.470. The quantitative estimate of drug-likeness (QED) is 0.618. The van der Waals surface area contributed by atoms with E-state index in [1.807, 2.05) is 0 Å². The zero-order chi connectivity index (χ0) is 14.1. The number of pyridine rings is 1. The molecule has 2 nitrogen and oxygen atoms in total. The third-order valence-electron chi connectivity index (χ3n) is 3.21. The number of nitrogens with zero attached hydrogens (tertiary/aromatic N) is 1. The minimum Gasteiger partial charge on any atom is -0.309 e. The first-order valence-corrected chi connectivity index (χ1v) is 7.99. The van der Waals surface area contributed by atoms with Crippen molar-refractivity contribution < 1.29 is 0 Å². The van der Waals surface area contributed by atoms with Crippen molar-refractivity contribution in [3.05, 3.63) is 28.0 Å². The smallest absolute Gasteiger partial charge is 0.0760 e. The molecule has 4 heteroatoms. The molecule has 0 aromatic carbocycles. The van der Waals surface area contributed by atoms with Crippen LogP contribution in [0.25, 0.3) is 0 Å². The molecule has 1 atom stereocenters. The highest BCUT2D eigenvalue weighted by Gasteiger charge is 2.15. The van der Waals surface area contributed by atoms with E-state index < -0.39 is 0 Å². The van der Waals surface area contributed by atoms with Crippen LogP contribution in [0.4, 0.5) is 0 Å². The lowest BCUT2D eigenvalue weighted by Crippen LogP contribution is -2.22. The summed E-state index contributed by atoms with van der Waals surface area (Å²) in [7, 11) is 0. The Balaban J connectivity index is 2.55. The Bertz CT molecular complexity index is 369. The van der Waals surface area contributed by atoms with Crippen LogP contribution in [0.1, 0.15) is 64.1 Å². The Morgan fingerprint density at radius 3 is 2.53 bits per heavy atom. The number of halogens is 2. The SMILES string of the molecule is CCCCCCCC(NCC)c1ncc(Cl)cc1Cl. The fraction of sp³-hybridized carbons (Fsp3) is 0.667. The van der Waals surface area contributed by atoms with E-state index in [9.17, 15) is 0 Å². The number of hydrogen-bond donors (Lipinski definition) is 1. The summed E-state index contributed by atoms with van der Waals surface area (Å²) in [5.74, 6) is 0. The number of aromatic nitrogens is 1. The molecule has 0 amide bonds. The van der Waals surface area contributed by atoms with E-state index in [1.165, 1.54) is 32.1 Å². The van der Waals surface area contributed by atoms with Crippen LogP contribution in [-0.4, -0.2) is 11.5 Å². The van der Waals surface area contributed by atoms with Crippen LogP contribution in [0.5, 0.6) is 0 Å². The van der Waals surface area contributed by atoms with Crippen LogP contribution in [-0.2, 0) is 0 Å².